The summed E-state index contributed by atoms with van der Waals surface area (Å²) in [6.07, 6.45) is 0. The van der Waals surface area contributed by atoms with Crippen molar-refractivity contribution in [2.24, 2.45) is 0 Å². The second-order valence-corrected chi connectivity index (χ2v) is 6.21. The van der Waals surface area contributed by atoms with Crippen LogP contribution >= 0.6 is 19.2 Å². The fourth-order valence-corrected chi connectivity index (χ4v) is 3.32. The van der Waals surface area contributed by atoms with Crippen molar-refractivity contribution >= 4 is 24.8 Å². The van der Waals surface area contributed by atoms with Gasteiger partial charge >= 0.3 is 7.60 Å². The predicted octanol–water partition coefficient (Wildman–Crippen LogP) is 4.31. The highest BCUT2D eigenvalue weighted by molar-refractivity contribution is 7.57. The van der Waals surface area contributed by atoms with Gasteiger partial charge in [-0.25, -0.2) is 4.57 Å². The third kappa shape index (κ3) is 2.45. The van der Waals surface area contributed by atoms with Crippen LogP contribution in [0.2, 0.25) is 5.02 Å². The summed E-state index contributed by atoms with van der Waals surface area (Å²) in [6, 6.07) is 14.4. The molecule has 5 heteroatoms. The average molecular weight is 293 g/mol. The molecule has 0 amide bonds. The summed E-state index contributed by atoms with van der Waals surface area (Å²) < 4.78 is 17.0. The summed E-state index contributed by atoms with van der Waals surface area (Å²) in [7, 11) is -3.76. The van der Waals surface area contributed by atoms with Gasteiger partial charge in [0.15, 0.2) is 0 Å². The van der Waals surface area contributed by atoms with Crippen LogP contribution in [0.3, 0.4) is 0 Å². The molecule has 3 rings (SSSR count). The monoisotopic (exact) mass is 292 g/mol. The van der Waals surface area contributed by atoms with E-state index in [1.165, 1.54) is 5.82 Å². The van der Waals surface area contributed by atoms with E-state index in [0.717, 1.165) is 11.1 Å². The van der Waals surface area contributed by atoms with Gasteiger partial charge in [-0.3, -0.25) is 0 Å². The van der Waals surface area contributed by atoms with E-state index in [1.807, 2.05) is 30.3 Å². The normalized spacial score (nSPS) is 21.3. The van der Waals surface area contributed by atoms with Crippen molar-refractivity contribution in [2.45, 2.75) is 0 Å². The third-order valence-corrected chi connectivity index (χ3v) is 4.12. The molecule has 0 saturated heterocycles. The Labute approximate surface area is 115 Å². The van der Waals surface area contributed by atoms with Crippen LogP contribution < -0.4 is 4.52 Å². The molecular weight excluding hydrogens is 283 g/mol. The number of rotatable bonds is 1. The summed E-state index contributed by atoms with van der Waals surface area (Å²) in [5.41, 5.74) is 2.23. The second-order valence-electron chi connectivity index (χ2n) is 4.20. The van der Waals surface area contributed by atoms with Crippen molar-refractivity contribution in [2.75, 3.05) is 0 Å². The van der Waals surface area contributed by atoms with Crippen molar-refractivity contribution in [3.8, 4) is 5.75 Å². The molecular formula is C14H10ClO3P. The van der Waals surface area contributed by atoms with E-state index < -0.39 is 7.60 Å². The Bertz CT molecular complexity index is 710. The fourth-order valence-electron chi connectivity index (χ4n) is 2.04. The maximum Gasteiger partial charge on any atom is 0.401 e. The van der Waals surface area contributed by atoms with Crippen molar-refractivity contribution in [1.82, 2.24) is 0 Å². The zero-order valence-electron chi connectivity index (χ0n) is 9.79. The van der Waals surface area contributed by atoms with Gasteiger partial charge in [0.25, 0.3) is 0 Å². The average Bonchev–Trinajstić information content (AvgIpc) is 2.39. The number of hydrogen-bond donors (Lipinski definition) is 1. The van der Waals surface area contributed by atoms with Gasteiger partial charge in [-0.2, -0.15) is 0 Å². The molecule has 0 fully saturated rings. The van der Waals surface area contributed by atoms with E-state index >= 15 is 0 Å². The highest BCUT2D eigenvalue weighted by Gasteiger charge is 2.28. The number of fused-ring (bicyclic) bond motifs is 1. The van der Waals surface area contributed by atoms with Gasteiger partial charge in [-0.15, -0.1) is 0 Å². The van der Waals surface area contributed by atoms with Gasteiger partial charge in [-0.1, -0.05) is 41.9 Å². The smallest absolute Gasteiger partial charge is 0.401 e. The first-order chi connectivity index (χ1) is 9.05. The predicted molar refractivity (Wildman–Crippen MR) is 75.4 cm³/mol. The van der Waals surface area contributed by atoms with Gasteiger partial charge in [0, 0.05) is 22.0 Å². The summed E-state index contributed by atoms with van der Waals surface area (Å²) in [6.45, 7) is 0. The molecule has 0 aliphatic carbocycles. The number of benzene rings is 2. The van der Waals surface area contributed by atoms with E-state index in [4.69, 9.17) is 16.1 Å². The first kappa shape index (κ1) is 12.5. The van der Waals surface area contributed by atoms with Gasteiger partial charge in [0.2, 0.25) is 0 Å². The Morgan fingerprint density at radius 2 is 1.84 bits per heavy atom. The molecule has 1 unspecified atom stereocenters. The van der Waals surface area contributed by atoms with Crippen LogP contribution in [0.25, 0.3) is 5.57 Å². The lowest BCUT2D eigenvalue weighted by Gasteiger charge is -2.22. The molecule has 0 bridgehead atoms. The standard InChI is InChI=1S/C14H10ClO3P/c15-11-6-7-14-12(8-11)13(9-19(16,17)18-14)10-4-2-1-3-5-10/h1-9H,(H,16,17). The number of hydrogen-bond acceptors (Lipinski definition) is 2. The lowest BCUT2D eigenvalue weighted by Crippen LogP contribution is -2.01. The minimum atomic E-state index is -3.76. The molecule has 1 aliphatic heterocycles. The van der Waals surface area contributed by atoms with Crippen molar-refractivity contribution in [3.05, 3.63) is 70.5 Å². The topological polar surface area (TPSA) is 46.5 Å². The molecule has 3 nitrogen and oxygen atoms in total. The Kier molecular flexibility index (Phi) is 2.98. The number of halogens is 1. The van der Waals surface area contributed by atoms with Crippen LogP contribution in [0.1, 0.15) is 11.1 Å². The van der Waals surface area contributed by atoms with Crippen LogP contribution in [0.4, 0.5) is 0 Å². The zero-order chi connectivity index (χ0) is 13.5. The third-order valence-electron chi connectivity index (χ3n) is 2.84. The van der Waals surface area contributed by atoms with E-state index in [2.05, 4.69) is 0 Å². The van der Waals surface area contributed by atoms with E-state index in [-0.39, 0.29) is 0 Å². The molecule has 96 valence electrons. The first-order valence-electron chi connectivity index (χ1n) is 5.65. The van der Waals surface area contributed by atoms with Crippen LogP contribution in [-0.4, -0.2) is 4.89 Å². The highest BCUT2D eigenvalue weighted by Crippen LogP contribution is 2.54. The molecule has 0 aromatic heterocycles. The lowest BCUT2D eigenvalue weighted by atomic mass is 9.99. The molecule has 2 aromatic carbocycles. The molecule has 0 saturated carbocycles. The van der Waals surface area contributed by atoms with Gasteiger partial charge in [-0.05, 0) is 23.8 Å². The minimum Gasteiger partial charge on any atom is -0.421 e. The Morgan fingerprint density at radius 3 is 2.58 bits per heavy atom. The molecule has 19 heavy (non-hydrogen) atoms. The van der Waals surface area contributed by atoms with E-state index in [0.29, 0.717) is 16.3 Å². The maximum atomic E-state index is 11.9. The molecule has 1 heterocycles. The Morgan fingerprint density at radius 1 is 1.11 bits per heavy atom. The van der Waals surface area contributed by atoms with Gasteiger partial charge in [0.05, 0.1) is 0 Å². The van der Waals surface area contributed by atoms with Crippen molar-refractivity contribution in [1.29, 1.82) is 0 Å². The molecule has 1 N–H and O–H groups in total. The summed E-state index contributed by atoms with van der Waals surface area (Å²) in [5.74, 6) is 1.64. The molecule has 0 radical (unpaired) electrons. The highest BCUT2D eigenvalue weighted by atomic mass is 35.5. The van der Waals surface area contributed by atoms with Gasteiger partial charge in [0.1, 0.15) is 5.75 Å². The van der Waals surface area contributed by atoms with Crippen LogP contribution in [-0.2, 0) is 4.57 Å². The Balaban J connectivity index is 2.24. The fraction of sp³-hybridized carbons (Fsp3) is 0. The van der Waals surface area contributed by atoms with Gasteiger partial charge < -0.3 is 9.42 Å². The van der Waals surface area contributed by atoms with E-state index in [9.17, 15) is 9.46 Å². The molecule has 2 aromatic rings. The van der Waals surface area contributed by atoms with Crippen molar-refractivity contribution in [3.63, 3.8) is 0 Å². The maximum absolute atomic E-state index is 11.9. The SMILES string of the molecule is O=P1(O)C=C(c2ccccc2)c2cc(Cl)ccc2O1. The lowest BCUT2D eigenvalue weighted by molar-refractivity contribution is 0.390. The van der Waals surface area contributed by atoms with Crippen LogP contribution in [0, 0.1) is 0 Å². The minimum absolute atomic E-state index is 0.372. The quantitative estimate of drug-likeness (QED) is 0.797. The van der Waals surface area contributed by atoms with E-state index in [1.54, 1.807) is 18.2 Å². The van der Waals surface area contributed by atoms with Crippen LogP contribution in [0.5, 0.6) is 5.75 Å². The molecule has 1 atom stereocenters. The molecule has 1 aliphatic rings. The zero-order valence-corrected chi connectivity index (χ0v) is 11.4. The first-order valence-corrected chi connectivity index (χ1v) is 7.68. The molecule has 0 spiro atoms. The largest absolute Gasteiger partial charge is 0.421 e. The van der Waals surface area contributed by atoms with Crippen LogP contribution in [0.15, 0.2) is 54.3 Å². The Hall–Kier alpha value is -1.54. The summed E-state index contributed by atoms with van der Waals surface area (Å²) in [5, 5.41) is 0.554. The summed E-state index contributed by atoms with van der Waals surface area (Å²) >= 11 is 5.99. The second kappa shape index (κ2) is 4.53. The summed E-state index contributed by atoms with van der Waals surface area (Å²) in [4.78, 5) is 9.75. The van der Waals surface area contributed by atoms with Crippen molar-refractivity contribution < 1.29 is 14.0 Å².